The fourth-order valence-electron chi connectivity index (χ4n) is 1.04. The van der Waals surface area contributed by atoms with Crippen LogP contribution in [0.2, 0.25) is 0 Å². The molecule has 0 fully saturated rings. The molecule has 0 saturated carbocycles. The summed E-state index contributed by atoms with van der Waals surface area (Å²) < 4.78 is 0. The van der Waals surface area contributed by atoms with Crippen molar-refractivity contribution >= 4 is 11.4 Å². The number of benzene rings is 1. The highest BCUT2D eigenvalue weighted by molar-refractivity contribution is 5.66. The van der Waals surface area contributed by atoms with Crippen LogP contribution in [0.25, 0.3) is 5.69 Å². The minimum absolute atomic E-state index is 0.537. The predicted octanol–water partition coefficient (Wildman–Crippen LogP) is 0.432. The minimum Gasteiger partial charge on any atom is -0.397 e. The molecule has 0 aliphatic heterocycles. The normalized spacial score (nSPS) is 10.2. The van der Waals surface area contributed by atoms with Crippen LogP contribution in [-0.4, -0.2) is 15.0 Å². The molecule has 0 aliphatic rings. The number of nitrogens with zero attached hydrogens (tertiary/aromatic N) is 3. The molecular formula is C8H9N5. The number of nitrogen functional groups attached to an aromatic ring is 2. The molecule has 5 nitrogen and oxygen atoms in total. The average Bonchev–Trinajstić information content (AvgIpc) is 2.62. The summed E-state index contributed by atoms with van der Waals surface area (Å²) in [6, 6.07) is 5.27. The lowest BCUT2D eigenvalue weighted by Gasteiger charge is -2.02. The van der Waals surface area contributed by atoms with Gasteiger partial charge in [-0.2, -0.15) is 15.0 Å². The monoisotopic (exact) mass is 175 g/mol. The summed E-state index contributed by atoms with van der Waals surface area (Å²) in [5.41, 5.74) is 13.1. The summed E-state index contributed by atoms with van der Waals surface area (Å²) in [5.74, 6) is 0. The highest BCUT2D eigenvalue weighted by atomic mass is 15.5. The van der Waals surface area contributed by atoms with Crippen molar-refractivity contribution in [1.82, 2.24) is 15.0 Å². The second kappa shape index (κ2) is 2.78. The van der Waals surface area contributed by atoms with Crippen LogP contribution in [-0.2, 0) is 0 Å². The van der Waals surface area contributed by atoms with Crippen molar-refractivity contribution in [3.05, 3.63) is 30.6 Å². The maximum absolute atomic E-state index is 5.63. The Balaban J connectivity index is 2.49. The van der Waals surface area contributed by atoms with Crippen LogP contribution < -0.4 is 11.5 Å². The summed E-state index contributed by atoms with van der Waals surface area (Å²) in [7, 11) is 0. The van der Waals surface area contributed by atoms with Gasteiger partial charge in [-0.05, 0) is 18.2 Å². The summed E-state index contributed by atoms with van der Waals surface area (Å²) >= 11 is 0. The Labute approximate surface area is 75.0 Å². The Morgan fingerprint density at radius 1 is 1.00 bits per heavy atom. The minimum atomic E-state index is 0.537. The molecule has 0 atom stereocenters. The smallest absolute Gasteiger partial charge is 0.0878 e. The second-order valence-corrected chi connectivity index (χ2v) is 2.63. The molecule has 0 radical (unpaired) electrons. The molecule has 1 aromatic heterocycles. The zero-order valence-electron chi connectivity index (χ0n) is 6.88. The van der Waals surface area contributed by atoms with Gasteiger partial charge >= 0.3 is 0 Å². The molecule has 1 heterocycles. The number of rotatable bonds is 1. The maximum atomic E-state index is 5.63. The quantitative estimate of drug-likeness (QED) is 0.616. The Bertz CT molecular complexity index is 406. The van der Waals surface area contributed by atoms with Crippen LogP contribution in [0.3, 0.4) is 0 Å². The number of aromatic nitrogens is 3. The molecule has 0 aliphatic carbocycles. The summed E-state index contributed by atoms with van der Waals surface area (Å²) in [4.78, 5) is 1.48. The first-order chi connectivity index (χ1) is 6.27. The van der Waals surface area contributed by atoms with Gasteiger partial charge in [0.25, 0.3) is 0 Å². The van der Waals surface area contributed by atoms with Gasteiger partial charge in [-0.1, -0.05) is 0 Å². The molecule has 5 heteroatoms. The molecule has 0 saturated heterocycles. The Kier molecular flexibility index (Phi) is 1.63. The lowest BCUT2D eigenvalue weighted by atomic mass is 10.2. The lowest BCUT2D eigenvalue weighted by molar-refractivity contribution is 0.752. The zero-order chi connectivity index (χ0) is 9.26. The van der Waals surface area contributed by atoms with Crippen LogP contribution >= 0.6 is 0 Å². The van der Waals surface area contributed by atoms with Crippen LogP contribution in [0.5, 0.6) is 0 Å². The Hall–Kier alpha value is -2.04. The Morgan fingerprint density at radius 3 is 2.31 bits per heavy atom. The standard InChI is InChI=1S/C8H9N5/c9-7-2-1-6(5-8(7)10)13-11-3-4-12-13/h1-5H,9-10H2. The third-order valence-corrected chi connectivity index (χ3v) is 1.72. The first-order valence-electron chi connectivity index (χ1n) is 3.79. The van der Waals surface area contributed by atoms with Crippen molar-refractivity contribution in [2.45, 2.75) is 0 Å². The van der Waals surface area contributed by atoms with E-state index in [0.29, 0.717) is 11.4 Å². The maximum Gasteiger partial charge on any atom is 0.0878 e. The first-order valence-corrected chi connectivity index (χ1v) is 3.79. The summed E-state index contributed by atoms with van der Waals surface area (Å²) in [6.45, 7) is 0. The van der Waals surface area contributed by atoms with Gasteiger partial charge in [0.05, 0.1) is 29.5 Å². The predicted molar refractivity (Wildman–Crippen MR) is 50.2 cm³/mol. The molecule has 0 spiro atoms. The molecule has 13 heavy (non-hydrogen) atoms. The van der Waals surface area contributed by atoms with Gasteiger partial charge in [0.1, 0.15) is 0 Å². The van der Waals surface area contributed by atoms with Crippen LogP contribution in [0.4, 0.5) is 11.4 Å². The first kappa shape index (κ1) is 7.60. The second-order valence-electron chi connectivity index (χ2n) is 2.63. The van der Waals surface area contributed by atoms with E-state index in [2.05, 4.69) is 10.2 Å². The van der Waals surface area contributed by atoms with E-state index in [9.17, 15) is 0 Å². The van der Waals surface area contributed by atoms with Gasteiger partial charge in [-0.3, -0.25) is 0 Å². The van der Waals surface area contributed by atoms with Gasteiger partial charge in [0.2, 0.25) is 0 Å². The van der Waals surface area contributed by atoms with Gasteiger partial charge in [0, 0.05) is 0 Å². The van der Waals surface area contributed by atoms with Gasteiger partial charge in [-0.25, -0.2) is 0 Å². The lowest BCUT2D eigenvalue weighted by Crippen LogP contribution is -2.01. The molecule has 66 valence electrons. The van der Waals surface area contributed by atoms with E-state index in [1.807, 2.05) is 6.07 Å². The van der Waals surface area contributed by atoms with Crippen molar-refractivity contribution in [2.24, 2.45) is 0 Å². The highest BCUT2D eigenvalue weighted by Crippen LogP contribution is 2.17. The summed E-state index contributed by atoms with van der Waals surface area (Å²) in [6.07, 6.45) is 3.21. The number of hydrogen-bond acceptors (Lipinski definition) is 4. The molecule has 0 bridgehead atoms. The third kappa shape index (κ3) is 1.31. The van der Waals surface area contributed by atoms with Crippen molar-refractivity contribution < 1.29 is 0 Å². The fourth-order valence-corrected chi connectivity index (χ4v) is 1.04. The van der Waals surface area contributed by atoms with Crippen molar-refractivity contribution in [2.75, 3.05) is 11.5 Å². The van der Waals surface area contributed by atoms with Gasteiger partial charge < -0.3 is 11.5 Å². The third-order valence-electron chi connectivity index (χ3n) is 1.72. The zero-order valence-corrected chi connectivity index (χ0v) is 6.88. The van der Waals surface area contributed by atoms with Gasteiger partial charge in [0.15, 0.2) is 0 Å². The van der Waals surface area contributed by atoms with E-state index >= 15 is 0 Å². The van der Waals surface area contributed by atoms with Gasteiger partial charge in [-0.15, -0.1) is 0 Å². The summed E-state index contributed by atoms with van der Waals surface area (Å²) in [5, 5.41) is 7.93. The molecule has 4 N–H and O–H groups in total. The van der Waals surface area contributed by atoms with Crippen LogP contribution in [0.1, 0.15) is 0 Å². The Morgan fingerprint density at radius 2 is 1.69 bits per heavy atom. The van der Waals surface area contributed by atoms with E-state index in [-0.39, 0.29) is 0 Å². The topological polar surface area (TPSA) is 82.8 Å². The molecule has 2 aromatic rings. The van der Waals surface area contributed by atoms with E-state index in [1.54, 1.807) is 24.5 Å². The number of nitrogens with two attached hydrogens (primary N) is 2. The average molecular weight is 175 g/mol. The molecule has 0 amide bonds. The molecule has 2 rings (SSSR count). The van der Waals surface area contributed by atoms with Crippen molar-refractivity contribution in [3.8, 4) is 5.69 Å². The fraction of sp³-hybridized carbons (Fsp3) is 0. The molecule has 1 aromatic carbocycles. The number of hydrogen-bond donors (Lipinski definition) is 2. The van der Waals surface area contributed by atoms with E-state index in [0.717, 1.165) is 5.69 Å². The SMILES string of the molecule is Nc1ccc(-n2nccn2)cc1N. The van der Waals surface area contributed by atoms with E-state index in [4.69, 9.17) is 11.5 Å². The highest BCUT2D eigenvalue weighted by Gasteiger charge is 1.99. The van der Waals surface area contributed by atoms with Crippen molar-refractivity contribution in [1.29, 1.82) is 0 Å². The largest absolute Gasteiger partial charge is 0.397 e. The van der Waals surface area contributed by atoms with E-state index < -0.39 is 0 Å². The van der Waals surface area contributed by atoms with Crippen LogP contribution in [0.15, 0.2) is 30.6 Å². The van der Waals surface area contributed by atoms with Crippen molar-refractivity contribution in [3.63, 3.8) is 0 Å². The molecule has 0 unspecified atom stereocenters. The molecular weight excluding hydrogens is 166 g/mol. The van der Waals surface area contributed by atoms with Crippen LogP contribution in [0, 0.1) is 0 Å². The number of anilines is 2. The van der Waals surface area contributed by atoms with E-state index in [1.165, 1.54) is 4.80 Å².